The molecule has 3 heteroatoms. The highest BCUT2D eigenvalue weighted by Crippen LogP contribution is 2.37. The summed E-state index contributed by atoms with van der Waals surface area (Å²) in [4.78, 5) is 10.7. The number of nitrogens with zero attached hydrogens (tertiary/aromatic N) is 1. The second-order valence-electron chi connectivity index (χ2n) is 4.85. The average Bonchev–Trinajstić information content (AvgIpc) is 2.02. The van der Waals surface area contributed by atoms with E-state index >= 15 is 0 Å². The summed E-state index contributed by atoms with van der Waals surface area (Å²) >= 11 is 0. The summed E-state index contributed by atoms with van der Waals surface area (Å²) in [5, 5.41) is 13.1. The fourth-order valence-corrected chi connectivity index (χ4v) is 2.39. The predicted molar refractivity (Wildman–Crippen MR) is 56.9 cm³/mol. The molecular formula is C11H19NO2. The monoisotopic (exact) mass is 197 g/mol. The Kier molecular flexibility index (Phi) is 3.10. The maximum absolute atomic E-state index is 10.7. The molecule has 0 aliphatic heterocycles. The second-order valence-corrected chi connectivity index (χ2v) is 4.85. The lowest BCUT2D eigenvalue weighted by atomic mass is 9.71. The zero-order valence-electron chi connectivity index (χ0n) is 9.32. The van der Waals surface area contributed by atoms with Gasteiger partial charge in [0.05, 0.1) is 5.60 Å². The minimum absolute atomic E-state index is 0.119. The van der Waals surface area contributed by atoms with Crippen LogP contribution in [-0.4, -0.2) is 16.7 Å². The highest BCUT2D eigenvalue weighted by atomic mass is 16.3. The Morgan fingerprint density at radius 3 is 2.57 bits per heavy atom. The van der Waals surface area contributed by atoms with Crippen molar-refractivity contribution in [3.63, 3.8) is 0 Å². The Morgan fingerprint density at radius 2 is 2.14 bits per heavy atom. The van der Waals surface area contributed by atoms with E-state index in [4.69, 9.17) is 0 Å². The Labute approximate surface area is 85.2 Å². The minimum Gasteiger partial charge on any atom is -0.390 e. The van der Waals surface area contributed by atoms with Crippen molar-refractivity contribution < 1.29 is 5.11 Å². The van der Waals surface area contributed by atoms with Gasteiger partial charge in [-0.3, -0.25) is 0 Å². The first-order valence-corrected chi connectivity index (χ1v) is 5.09. The summed E-state index contributed by atoms with van der Waals surface area (Å²) in [6, 6.07) is -0.264. The van der Waals surface area contributed by atoms with Gasteiger partial charge in [-0.2, -0.15) is 4.91 Å². The molecule has 0 saturated heterocycles. The number of nitroso groups, excluding NO2 is 1. The van der Waals surface area contributed by atoms with E-state index in [-0.39, 0.29) is 17.9 Å². The first-order valence-electron chi connectivity index (χ1n) is 5.09. The molecule has 0 amide bonds. The zero-order valence-corrected chi connectivity index (χ0v) is 9.32. The molecular weight excluding hydrogens is 178 g/mol. The highest BCUT2D eigenvalue weighted by molar-refractivity contribution is 5.16. The van der Waals surface area contributed by atoms with Gasteiger partial charge in [0.25, 0.3) is 0 Å². The lowest BCUT2D eigenvalue weighted by molar-refractivity contribution is -0.0116. The average molecular weight is 197 g/mol. The summed E-state index contributed by atoms with van der Waals surface area (Å²) in [5.74, 6) is 0.242. The van der Waals surface area contributed by atoms with Gasteiger partial charge in [-0.25, -0.2) is 0 Å². The molecule has 1 rings (SSSR count). The van der Waals surface area contributed by atoms with E-state index in [1.54, 1.807) is 13.8 Å². The summed E-state index contributed by atoms with van der Waals surface area (Å²) in [6.45, 7) is 7.52. The predicted octanol–water partition coefficient (Wildman–Crippen LogP) is 2.49. The van der Waals surface area contributed by atoms with Crippen LogP contribution in [0.4, 0.5) is 0 Å². The van der Waals surface area contributed by atoms with Crippen LogP contribution in [0, 0.1) is 16.7 Å². The minimum atomic E-state index is -0.737. The highest BCUT2D eigenvalue weighted by Gasteiger charge is 2.38. The van der Waals surface area contributed by atoms with Gasteiger partial charge in [-0.1, -0.05) is 18.2 Å². The standard InChI is InChI=1S/C11H19NO2/c1-7-5-6-9(11(3,4)13)8(2)10(7)12-14/h5,8-10,13H,6H2,1-4H3. The van der Waals surface area contributed by atoms with Crippen LogP contribution in [0.25, 0.3) is 0 Å². The van der Waals surface area contributed by atoms with Gasteiger partial charge >= 0.3 is 0 Å². The summed E-state index contributed by atoms with van der Waals surface area (Å²) < 4.78 is 0. The largest absolute Gasteiger partial charge is 0.390 e. The van der Waals surface area contributed by atoms with E-state index in [0.717, 1.165) is 12.0 Å². The first kappa shape index (κ1) is 11.4. The van der Waals surface area contributed by atoms with Crippen molar-refractivity contribution in [2.45, 2.75) is 45.8 Å². The Morgan fingerprint density at radius 1 is 1.57 bits per heavy atom. The van der Waals surface area contributed by atoms with E-state index in [1.807, 2.05) is 19.9 Å². The van der Waals surface area contributed by atoms with Crippen LogP contribution in [0.15, 0.2) is 16.8 Å². The lowest BCUT2D eigenvalue weighted by Gasteiger charge is -2.38. The second kappa shape index (κ2) is 3.81. The molecule has 1 N–H and O–H groups in total. The molecule has 0 saturated carbocycles. The quantitative estimate of drug-likeness (QED) is 0.546. The number of allylic oxidation sites excluding steroid dienone is 1. The fourth-order valence-electron chi connectivity index (χ4n) is 2.39. The third-order valence-corrected chi connectivity index (χ3v) is 3.31. The maximum atomic E-state index is 10.7. The van der Waals surface area contributed by atoms with Gasteiger partial charge in [-0.05, 0) is 44.6 Å². The van der Waals surface area contributed by atoms with Gasteiger partial charge < -0.3 is 5.11 Å². The van der Waals surface area contributed by atoms with Crippen molar-refractivity contribution in [2.75, 3.05) is 0 Å². The molecule has 0 fully saturated rings. The van der Waals surface area contributed by atoms with Crippen LogP contribution in [0.2, 0.25) is 0 Å². The van der Waals surface area contributed by atoms with E-state index in [1.165, 1.54) is 0 Å². The summed E-state index contributed by atoms with van der Waals surface area (Å²) in [6.07, 6.45) is 2.86. The van der Waals surface area contributed by atoms with Crippen molar-refractivity contribution in [1.29, 1.82) is 0 Å². The molecule has 0 bridgehead atoms. The third-order valence-electron chi connectivity index (χ3n) is 3.31. The van der Waals surface area contributed by atoms with Crippen molar-refractivity contribution in [3.05, 3.63) is 16.6 Å². The van der Waals surface area contributed by atoms with Crippen LogP contribution >= 0.6 is 0 Å². The molecule has 0 aromatic rings. The van der Waals surface area contributed by atoms with Gasteiger partial charge in [0.1, 0.15) is 6.04 Å². The fraction of sp³-hybridized carbons (Fsp3) is 0.818. The molecule has 3 unspecified atom stereocenters. The van der Waals surface area contributed by atoms with Crippen LogP contribution in [0.3, 0.4) is 0 Å². The Bertz CT molecular complexity index is 253. The molecule has 0 aromatic carbocycles. The number of rotatable bonds is 2. The first-order chi connectivity index (χ1) is 6.38. The van der Waals surface area contributed by atoms with Crippen molar-refractivity contribution >= 4 is 0 Å². The van der Waals surface area contributed by atoms with Crippen LogP contribution < -0.4 is 0 Å². The molecule has 0 radical (unpaired) electrons. The normalized spacial score (nSPS) is 33.8. The molecule has 1 aliphatic rings. The van der Waals surface area contributed by atoms with Gasteiger partial charge in [0, 0.05) is 0 Å². The number of hydrogen-bond donors (Lipinski definition) is 1. The molecule has 0 spiro atoms. The van der Waals surface area contributed by atoms with E-state index in [2.05, 4.69) is 5.18 Å². The summed E-state index contributed by atoms with van der Waals surface area (Å²) in [7, 11) is 0. The molecule has 3 atom stereocenters. The Hall–Kier alpha value is -0.700. The molecule has 0 heterocycles. The van der Waals surface area contributed by atoms with Crippen LogP contribution in [-0.2, 0) is 0 Å². The molecule has 3 nitrogen and oxygen atoms in total. The lowest BCUT2D eigenvalue weighted by Crippen LogP contribution is -2.41. The van der Waals surface area contributed by atoms with Crippen LogP contribution in [0.5, 0.6) is 0 Å². The molecule has 0 aromatic heterocycles. The molecule has 1 aliphatic carbocycles. The molecule has 14 heavy (non-hydrogen) atoms. The SMILES string of the molecule is CC1=CCC(C(C)(C)O)C(C)C1N=O. The van der Waals surface area contributed by atoms with E-state index < -0.39 is 5.60 Å². The Balaban J connectivity index is 2.91. The number of hydrogen-bond acceptors (Lipinski definition) is 3. The van der Waals surface area contributed by atoms with Crippen LogP contribution in [0.1, 0.15) is 34.1 Å². The van der Waals surface area contributed by atoms with Gasteiger partial charge in [0.15, 0.2) is 0 Å². The van der Waals surface area contributed by atoms with Gasteiger partial charge in [0.2, 0.25) is 0 Å². The van der Waals surface area contributed by atoms with Crippen molar-refractivity contribution in [3.8, 4) is 0 Å². The molecule has 80 valence electrons. The van der Waals surface area contributed by atoms with Gasteiger partial charge in [-0.15, -0.1) is 0 Å². The van der Waals surface area contributed by atoms with E-state index in [0.29, 0.717) is 0 Å². The third kappa shape index (κ3) is 2.03. The zero-order chi connectivity index (χ0) is 10.9. The smallest absolute Gasteiger partial charge is 0.116 e. The number of aliphatic hydroxyl groups is 1. The summed E-state index contributed by atoms with van der Waals surface area (Å²) in [5.41, 5.74) is 0.299. The maximum Gasteiger partial charge on any atom is 0.116 e. The van der Waals surface area contributed by atoms with Crippen molar-refractivity contribution in [2.24, 2.45) is 17.0 Å². The topological polar surface area (TPSA) is 49.7 Å². The van der Waals surface area contributed by atoms with Crippen molar-refractivity contribution in [1.82, 2.24) is 0 Å². The van der Waals surface area contributed by atoms with E-state index in [9.17, 15) is 10.0 Å².